The molecule has 0 aromatic carbocycles. The molecule has 0 radical (unpaired) electrons. The fourth-order valence-electron chi connectivity index (χ4n) is 1.68. The normalized spacial score (nSPS) is 10.8. The highest BCUT2D eigenvalue weighted by molar-refractivity contribution is 5.40. The van der Waals surface area contributed by atoms with E-state index in [0.29, 0.717) is 17.9 Å². The Morgan fingerprint density at radius 2 is 2.11 bits per heavy atom. The molecule has 0 unspecified atom stereocenters. The summed E-state index contributed by atoms with van der Waals surface area (Å²) in [6.45, 7) is 4.54. The summed E-state index contributed by atoms with van der Waals surface area (Å²) in [6.07, 6.45) is 4.91. The number of aromatic nitrogens is 2. The fourth-order valence-corrected chi connectivity index (χ4v) is 1.68. The van der Waals surface area contributed by atoms with Crippen molar-refractivity contribution >= 4 is 0 Å². The Balaban J connectivity index is 2.12. The largest absolute Gasteiger partial charge is 0.490 e. The van der Waals surface area contributed by atoms with E-state index in [0.717, 1.165) is 5.69 Å². The van der Waals surface area contributed by atoms with Crippen LogP contribution in [0.3, 0.4) is 0 Å². The average molecular weight is 253 g/mol. The van der Waals surface area contributed by atoms with Crippen LogP contribution in [0.15, 0.2) is 42.9 Å². The highest BCUT2D eigenvalue weighted by Crippen LogP contribution is 2.23. The molecule has 0 amide bonds. The van der Waals surface area contributed by atoms with E-state index in [1.165, 1.54) is 0 Å². The maximum atomic E-state index is 8.99. The Bertz CT molecular complexity index is 588. The van der Waals surface area contributed by atoms with Gasteiger partial charge < -0.3 is 4.74 Å². The summed E-state index contributed by atoms with van der Waals surface area (Å²) in [5, 5.41) is 8.99. The first-order chi connectivity index (χ1) is 9.13. The van der Waals surface area contributed by atoms with Crippen LogP contribution in [-0.2, 0) is 5.41 Å². The second-order valence-corrected chi connectivity index (χ2v) is 4.87. The summed E-state index contributed by atoms with van der Waals surface area (Å²) in [7, 11) is 0. The van der Waals surface area contributed by atoms with Gasteiger partial charge in [-0.3, -0.25) is 9.97 Å². The molecule has 2 heterocycles. The molecule has 0 aliphatic heterocycles. The third-order valence-corrected chi connectivity index (χ3v) is 2.85. The molecule has 0 spiro atoms. The minimum Gasteiger partial charge on any atom is -0.490 e. The van der Waals surface area contributed by atoms with Crippen molar-refractivity contribution in [3.05, 3.63) is 54.1 Å². The Morgan fingerprint density at radius 3 is 2.79 bits per heavy atom. The first-order valence-electron chi connectivity index (χ1n) is 6.02. The first-order valence-corrected chi connectivity index (χ1v) is 6.02. The number of hydrogen-bond donors (Lipinski definition) is 0. The minimum absolute atomic E-state index is 0.232. The zero-order chi connectivity index (χ0) is 13.7. The number of hydrogen-bond acceptors (Lipinski definition) is 4. The van der Waals surface area contributed by atoms with Gasteiger partial charge in [0.25, 0.3) is 0 Å². The molecule has 0 aliphatic rings. The van der Waals surface area contributed by atoms with Crippen LogP contribution < -0.4 is 4.74 Å². The van der Waals surface area contributed by atoms with Crippen molar-refractivity contribution in [1.82, 2.24) is 9.97 Å². The summed E-state index contributed by atoms with van der Waals surface area (Å²) in [6, 6.07) is 9.54. The van der Waals surface area contributed by atoms with Crippen LogP contribution in [0.1, 0.15) is 25.1 Å². The third kappa shape index (κ3) is 3.08. The van der Waals surface area contributed by atoms with Crippen LogP contribution >= 0.6 is 0 Å². The van der Waals surface area contributed by atoms with Crippen LogP contribution in [0.4, 0.5) is 0 Å². The van der Waals surface area contributed by atoms with E-state index >= 15 is 0 Å². The van der Waals surface area contributed by atoms with Crippen LogP contribution in [0, 0.1) is 11.3 Å². The van der Waals surface area contributed by atoms with Gasteiger partial charge in [-0.2, -0.15) is 5.26 Å². The van der Waals surface area contributed by atoms with Crippen molar-refractivity contribution in [2.24, 2.45) is 0 Å². The van der Waals surface area contributed by atoms with E-state index in [-0.39, 0.29) is 5.41 Å². The van der Waals surface area contributed by atoms with Gasteiger partial charge in [0.1, 0.15) is 6.07 Å². The maximum Gasteiger partial charge on any atom is 0.155 e. The predicted molar refractivity (Wildman–Crippen MR) is 71.7 cm³/mol. The lowest BCUT2D eigenvalue weighted by atomic mass is 9.90. The lowest BCUT2D eigenvalue weighted by molar-refractivity contribution is 0.236. The Kier molecular flexibility index (Phi) is 3.76. The molecule has 2 rings (SSSR count). The molecular formula is C15H15N3O. The lowest BCUT2D eigenvalue weighted by Crippen LogP contribution is -2.27. The zero-order valence-corrected chi connectivity index (χ0v) is 11.0. The van der Waals surface area contributed by atoms with Crippen molar-refractivity contribution in [1.29, 1.82) is 5.26 Å². The van der Waals surface area contributed by atoms with Crippen molar-refractivity contribution in [3.8, 4) is 11.8 Å². The number of nitriles is 1. The second kappa shape index (κ2) is 5.49. The molecular weight excluding hydrogens is 238 g/mol. The van der Waals surface area contributed by atoms with E-state index in [4.69, 9.17) is 10.00 Å². The predicted octanol–water partition coefficient (Wildman–Crippen LogP) is 2.70. The highest BCUT2D eigenvalue weighted by Gasteiger charge is 2.23. The second-order valence-electron chi connectivity index (χ2n) is 4.87. The molecule has 4 nitrogen and oxygen atoms in total. The van der Waals surface area contributed by atoms with Crippen LogP contribution in [-0.4, -0.2) is 16.6 Å². The van der Waals surface area contributed by atoms with E-state index in [1.807, 2.05) is 18.2 Å². The van der Waals surface area contributed by atoms with Crippen molar-refractivity contribution in [2.45, 2.75) is 19.3 Å². The Morgan fingerprint density at radius 1 is 1.26 bits per heavy atom. The highest BCUT2D eigenvalue weighted by atomic mass is 16.5. The number of nitrogens with zero attached hydrogens (tertiary/aromatic N) is 3. The molecule has 0 saturated heterocycles. The summed E-state index contributed by atoms with van der Waals surface area (Å²) in [5.41, 5.74) is 1.22. The lowest BCUT2D eigenvalue weighted by Gasteiger charge is -2.24. The standard InChI is InChI=1S/C15H15N3O/c1-15(2,14-5-3-4-7-18-14)11-19-13-10-17-8-6-12(13)9-16/h3-8,10H,11H2,1-2H3. The van der Waals surface area contributed by atoms with Gasteiger partial charge in [0.15, 0.2) is 5.75 Å². The van der Waals surface area contributed by atoms with Gasteiger partial charge in [-0.25, -0.2) is 0 Å². The van der Waals surface area contributed by atoms with Gasteiger partial charge in [-0.05, 0) is 18.2 Å². The molecule has 96 valence electrons. The minimum atomic E-state index is -0.232. The monoisotopic (exact) mass is 253 g/mol. The third-order valence-electron chi connectivity index (χ3n) is 2.85. The molecule has 0 N–H and O–H groups in total. The quantitative estimate of drug-likeness (QED) is 0.840. The summed E-state index contributed by atoms with van der Waals surface area (Å²) in [5.74, 6) is 0.508. The summed E-state index contributed by atoms with van der Waals surface area (Å²) < 4.78 is 5.72. The fraction of sp³-hybridized carbons (Fsp3) is 0.267. The first kappa shape index (κ1) is 13.0. The van der Waals surface area contributed by atoms with Crippen molar-refractivity contribution < 1.29 is 4.74 Å². The van der Waals surface area contributed by atoms with Gasteiger partial charge in [0, 0.05) is 23.5 Å². The number of pyridine rings is 2. The average Bonchev–Trinajstić information content (AvgIpc) is 2.46. The molecule has 0 atom stereocenters. The van der Waals surface area contributed by atoms with Crippen LogP contribution in [0.25, 0.3) is 0 Å². The molecule has 4 heteroatoms. The molecule has 2 aromatic heterocycles. The van der Waals surface area contributed by atoms with Crippen LogP contribution in [0.5, 0.6) is 5.75 Å². The van der Waals surface area contributed by atoms with E-state index in [9.17, 15) is 0 Å². The maximum absolute atomic E-state index is 8.99. The van der Waals surface area contributed by atoms with Crippen molar-refractivity contribution in [2.75, 3.05) is 6.61 Å². The van der Waals surface area contributed by atoms with Crippen molar-refractivity contribution in [3.63, 3.8) is 0 Å². The molecule has 0 bridgehead atoms. The molecule has 19 heavy (non-hydrogen) atoms. The number of ether oxygens (including phenoxy) is 1. The van der Waals surface area contributed by atoms with E-state index in [1.54, 1.807) is 24.7 Å². The topological polar surface area (TPSA) is 58.8 Å². The Hall–Kier alpha value is -2.41. The number of rotatable bonds is 4. The molecule has 0 aliphatic carbocycles. The molecule has 0 fully saturated rings. The van der Waals surface area contributed by atoms with Gasteiger partial charge in [-0.1, -0.05) is 19.9 Å². The van der Waals surface area contributed by atoms with Gasteiger partial charge in [0.05, 0.1) is 18.4 Å². The summed E-state index contributed by atoms with van der Waals surface area (Å²) in [4.78, 5) is 8.32. The van der Waals surface area contributed by atoms with Gasteiger partial charge in [-0.15, -0.1) is 0 Å². The van der Waals surface area contributed by atoms with Gasteiger partial charge >= 0.3 is 0 Å². The smallest absolute Gasteiger partial charge is 0.155 e. The zero-order valence-electron chi connectivity index (χ0n) is 11.0. The Labute approximate surface area is 112 Å². The molecule has 0 saturated carbocycles. The molecule has 2 aromatic rings. The SMILES string of the molecule is CC(C)(COc1cnccc1C#N)c1ccccn1. The summed E-state index contributed by atoms with van der Waals surface area (Å²) >= 11 is 0. The van der Waals surface area contributed by atoms with E-state index in [2.05, 4.69) is 29.9 Å². The van der Waals surface area contributed by atoms with Crippen LogP contribution in [0.2, 0.25) is 0 Å². The van der Waals surface area contributed by atoms with E-state index < -0.39 is 0 Å². The van der Waals surface area contributed by atoms with Gasteiger partial charge in [0.2, 0.25) is 0 Å².